The second-order valence-corrected chi connectivity index (χ2v) is 7.89. The second-order valence-electron chi connectivity index (χ2n) is 6.89. The molecule has 7 nitrogen and oxygen atoms in total. The van der Waals surface area contributed by atoms with Crippen LogP contribution in [0, 0.1) is 12.7 Å². The molecule has 1 saturated heterocycles. The molecule has 1 aliphatic heterocycles. The lowest BCUT2D eigenvalue weighted by atomic mass is 10.1. The number of hydrogen-bond donors (Lipinski definition) is 3. The molecule has 3 heterocycles. The SMILES string of the molecule is CNC(=O)c1sc2ncnc(Nc3ccc(F)cc3O[C@H]3CCCNC3)c2c1C. The Morgan fingerprint density at radius 2 is 2.24 bits per heavy atom. The van der Waals surface area contributed by atoms with Crippen molar-refractivity contribution in [2.45, 2.75) is 25.9 Å². The van der Waals surface area contributed by atoms with E-state index in [0.717, 1.165) is 36.9 Å². The van der Waals surface area contributed by atoms with Gasteiger partial charge in [0.1, 0.15) is 34.6 Å². The van der Waals surface area contributed by atoms with Crippen molar-refractivity contribution >= 4 is 39.0 Å². The van der Waals surface area contributed by atoms with Gasteiger partial charge >= 0.3 is 0 Å². The van der Waals surface area contributed by atoms with Gasteiger partial charge in [-0.2, -0.15) is 0 Å². The van der Waals surface area contributed by atoms with Crippen LogP contribution in [-0.4, -0.2) is 42.1 Å². The van der Waals surface area contributed by atoms with E-state index in [0.29, 0.717) is 27.0 Å². The molecule has 9 heteroatoms. The van der Waals surface area contributed by atoms with Crippen LogP contribution in [0.3, 0.4) is 0 Å². The highest BCUT2D eigenvalue weighted by atomic mass is 32.1. The zero-order valence-corrected chi connectivity index (χ0v) is 17.0. The number of carbonyl (C=O) groups is 1. The van der Waals surface area contributed by atoms with Crippen molar-refractivity contribution in [3.63, 3.8) is 0 Å². The summed E-state index contributed by atoms with van der Waals surface area (Å²) in [6.45, 7) is 3.57. The third kappa shape index (κ3) is 4.01. The number of anilines is 2. The van der Waals surface area contributed by atoms with Gasteiger partial charge in [0, 0.05) is 19.7 Å². The summed E-state index contributed by atoms with van der Waals surface area (Å²) in [4.78, 5) is 22.1. The highest BCUT2D eigenvalue weighted by Gasteiger charge is 2.21. The van der Waals surface area contributed by atoms with Crippen LogP contribution in [0.5, 0.6) is 5.75 Å². The van der Waals surface area contributed by atoms with Crippen LogP contribution in [0.4, 0.5) is 15.9 Å². The van der Waals surface area contributed by atoms with Crippen LogP contribution in [0.25, 0.3) is 10.2 Å². The Hall–Kier alpha value is -2.78. The number of piperidine rings is 1. The predicted octanol–water partition coefficient (Wildman–Crippen LogP) is 3.37. The quantitative estimate of drug-likeness (QED) is 0.592. The molecule has 4 rings (SSSR count). The van der Waals surface area contributed by atoms with Crippen LogP contribution in [0.15, 0.2) is 24.5 Å². The van der Waals surface area contributed by atoms with Crippen molar-refractivity contribution in [2.24, 2.45) is 0 Å². The lowest BCUT2D eigenvalue weighted by Crippen LogP contribution is -2.37. The van der Waals surface area contributed by atoms with E-state index in [4.69, 9.17) is 4.74 Å². The molecule has 1 fully saturated rings. The monoisotopic (exact) mass is 415 g/mol. The van der Waals surface area contributed by atoms with E-state index >= 15 is 0 Å². The number of aromatic nitrogens is 2. The molecule has 0 saturated carbocycles. The number of nitrogens with zero attached hydrogens (tertiary/aromatic N) is 2. The number of carbonyl (C=O) groups excluding carboxylic acids is 1. The minimum atomic E-state index is -0.365. The van der Waals surface area contributed by atoms with E-state index in [2.05, 4.69) is 25.9 Å². The predicted molar refractivity (Wildman–Crippen MR) is 112 cm³/mol. The van der Waals surface area contributed by atoms with Gasteiger partial charge in [-0.15, -0.1) is 11.3 Å². The first-order chi connectivity index (χ1) is 14.1. The molecular weight excluding hydrogens is 393 g/mol. The fourth-order valence-electron chi connectivity index (χ4n) is 3.42. The summed E-state index contributed by atoms with van der Waals surface area (Å²) in [6, 6.07) is 4.39. The first-order valence-electron chi connectivity index (χ1n) is 9.47. The zero-order chi connectivity index (χ0) is 20.4. The topological polar surface area (TPSA) is 88.2 Å². The lowest BCUT2D eigenvalue weighted by Gasteiger charge is -2.25. The number of halogens is 1. The average molecular weight is 415 g/mol. The molecule has 1 atom stereocenters. The van der Waals surface area contributed by atoms with E-state index in [1.165, 1.54) is 29.8 Å². The van der Waals surface area contributed by atoms with Gasteiger partial charge in [-0.1, -0.05) is 0 Å². The van der Waals surface area contributed by atoms with E-state index in [1.54, 1.807) is 13.1 Å². The Balaban J connectivity index is 1.70. The van der Waals surface area contributed by atoms with Crippen LogP contribution in [0.1, 0.15) is 28.1 Å². The number of rotatable bonds is 5. The molecule has 1 aliphatic rings. The Labute approximate surface area is 171 Å². The number of ether oxygens (including phenoxy) is 1. The van der Waals surface area contributed by atoms with Crippen LogP contribution < -0.4 is 20.7 Å². The number of thiophene rings is 1. The smallest absolute Gasteiger partial charge is 0.261 e. The van der Waals surface area contributed by atoms with Gasteiger partial charge in [0.2, 0.25) is 0 Å². The number of benzene rings is 1. The fourth-order valence-corrected chi connectivity index (χ4v) is 4.52. The summed E-state index contributed by atoms with van der Waals surface area (Å²) < 4.78 is 20.0. The molecule has 0 unspecified atom stereocenters. The van der Waals surface area contributed by atoms with Gasteiger partial charge in [-0.25, -0.2) is 14.4 Å². The molecule has 3 N–H and O–H groups in total. The lowest BCUT2D eigenvalue weighted by molar-refractivity contribution is 0.0966. The fraction of sp³-hybridized carbons (Fsp3) is 0.350. The van der Waals surface area contributed by atoms with Crippen LogP contribution in [-0.2, 0) is 0 Å². The minimum Gasteiger partial charge on any atom is -0.487 e. The maximum absolute atomic E-state index is 13.9. The van der Waals surface area contributed by atoms with Crippen LogP contribution >= 0.6 is 11.3 Å². The number of amides is 1. The molecule has 152 valence electrons. The zero-order valence-electron chi connectivity index (χ0n) is 16.2. The number of aryl methyl sites for hydroxylation is 1. The number of nitrogens with one attached hydrogen (secondary N) is 3. The largest absolute Gasteiger partial charge is 0.487 e. The minimum absolute atomic E-state index is 0.0146. The van der Waals surface area contributed by atoms with Crippen molar-refractivity contribution in [1.29, 1.82) is 0 Å². The summed E-state index contributed by atoms with van der Waals surface area (Å²) in [5, 5.41) is 9.97. The maximum Gasteiger partial charge on any atom is 0.261 e. The molecule has 3 aromatic rings. The second kappa shape index (κ2) is 8.30. The van der Waals surface area contributed by atoms with Gasteiger partial charge in [0.15, 0.2) is 0 Å². The Morgan fingerprint density at radius 1 is 1.38 bits per heavy atom. The van der Waals surface area contributed by atoms with Crippen molar-refractivity contribution < 1.29 is 13.9 Å². The Kier molecular flexibility index (Phi) is 5.59. The number of hydrogen-bond acceptors (Lipinski definition) is 7. The summed E-state index contributed by atoms with van der Waals surface area (Å²) >= 11 is 1.31. The third-order valence-electron chi connectivity index (χ3n) is 4.90. The van der Waals surface area contributed by atoms with Gasteiger partial charge in [0.05, 0.1) is 16.0 Å². The van der Waals surface area contributed by atoms with Gasteiger partial charge in [0.25, 0.3) is 5.91 Å². The van der Waals surface area contributed by atoms with Crippen molar-refractivity contribution in [3.05, 3.63) is 40.8 Å². The van der Waals surface area contributed by atoms with E-state index in [-0.39, 0.29) is 17.8 Å². The Morgan fingerprint density at radius 3 is 3.00 bits per heavy atom. The summed E-state index contributed by atoms with van der Waals surface area (Å²) in [5.41, 5.74) is 1.41. The van der Waals surface area contributed by atoms with Crippen molar-refractivity contribution in [3.8, 4) is 5.75 Å². The first kappa shape index (κ1) is 19.5. The standard InChI is InChI=1S/C20H22FN5O2S/c1-11-16-18(24-10-25-20(16)29-17(11)19(27)22-2)26-14-6-5-12(21)8-15(14)28-13-4-3-7-23-9-13/h5-6,8,10,13,23H,3-4,7,9H2,1-2H3,(H,22,27)(H,24,25,26)/t13-/m0/s1. The number of fused-ring (bicyclic) bond motifs is 1. The molecule has 0 spiro atoms. The molecular formula is C20H22FN5O2S. The van der Waals surface area contributed by atoms with Crippen molar-refractivity contribution in [2.75, 3.05) is 25.5 Å². The molecule has 29 heavy (non-hydrogen) atoms. The van der Waals surface area contributed by atoms with Crippen LogP contribution in [0.2, 0.25) is 0 Å². The molecule has 0 radical (unpaired) electrons. The highest BCUT2D eigenvalue weighted by Crippen LogP contribution is 2.36. The Bertz CT molecular complexity index is 1050. The first-order valence-corrected chi connectivity index (χ1v) is 10.3. The van der Waals surface area contributed by atoms with Crippen molar-refractivity contribution in [1.82, 2.24) is 20.6 Å². The average Bonchev–Trinajstić information content (AvgIpc) is 3.08. The maximum atomic E-state index is 13.9. The summed E-state index contributed by atoms with van der Waals surface area (Å²) in [6.07, 6.45) is 3.37. The molecule has 1 amide bonds. The van der Waals surface area contributed by atoms with Gasteiger partial charge < -0.3 is 20.7 Å². The van der Waals surface area contributed by atoms with E-state index < -0.39 is 0 Å². The van der Waals surface area contributed by atoms with E-state index in [9.17, 15) is 9.18 Å². The molecule has 2 aromatic heterocycles. The summed E-state index contributed by atoms with van der Waals surface area (Å²) in [5.74, 6) is 0.463. The molecule has 1 aromatic carbocycles. The van der Waals surface area contributed by atoms with Gasteiger partial charge in [-0.3, -0.25) is 4.79 Å². The molecule has 0 bridgehead atoms. The highest BCUT2D eigenvalue weighted by molar-refractivity contribution is 7.20. The molecule has 0 aliphatic carbocycles. The summed E-state index contributed by atoms with van der Waals surface area (Å²) in [7, 11) is 1.60. The van der Waals surface area contributed by atoms with E-state index in [1.807, 2.05) is 6.92 Å². The normalized spacial score (nSPS) is 16.6. The van der Waals surface area contributed by atoms with Gasteiger partial charge in [-0.05, 0) is 44.0 Å². The third-order valence-corrected chi connectivity index (χ3v) is 6.10.